The fourth-order valence-corrected chi connectivity index (χ4v) is 5.38. The van der Waals surface area contributed by atoms with Gasteiger partial charge in [0.15, 0.2) is 10.9 Å². The molecule has 0 saturated carbocycles. The second-order valence-corrected chi connectivity index (χ2v) is 9.61. The van der Waals surface area contributed by atoms with Gasteiger partial charge in [-0.1, -0.05) is 59.9 Å². The van der Waals surface area contributed by atoms with E-state index in [0.717, 1.165) is 48.1 Å². The van der Waals surface area contributed by atoms with Crippen LogP contribution in [0.15, 0.2) is 67.0 Å². The Bertz CT molecular complexity index is 1190. The largest absolute Gasteiger partial charge is 0.361 e. The fraction of sp³-hybridized carbons (Fsp3) is 0.308. The van der Waals surface area contributed by atoms with E-state index in [2.05, 4.69) is 75.5 Å². The molecule has 1 N–H and O–H groups in total. The van der Waals surface area contributed by atoms with Gasteiger partial charge in [0.25, 0.3) is 0 Å². The van der Waals surface area contributed by atoms with Gasteiger partial charge < -0.3 is 14.8 Å². The van der Waals surface area contributed by atoms with Crippen molar-refractivity contribution in [2.24, 2.45) is 0 Å². The number of hydrogen-bond acceptors (Lipinski definition) is 5. The summed E-state index contributed by atoms with van der Waals surface area (Å²) < 4.78 is 0. The van der Waals surface area contributed by atoms with Crippen LogP contribution >= 0.6 is 11.3 Å². The first-order chi connectivity index (χ1) is 15.7. The molecule has 1 unspecified atom stereocenters. The van der Waals surface area contributed by atoms with Gasteiger partial charge in [-0.2, -0.15) is 0 Å². The average molecular weight is 445 g/mol. The van der Waals surface area contributed by atoms with Crippen LogP contribution in [0.1, 0.15) is 33.1 Å². The summed E-state index contributed by atoms with van der Waals surface area (Å²) >= 11 is 1.54. The van der Waals surface area contributed by atoms with Gasteiger partial charge in [0.05, 0.1) is 11.1 Å². The highest BCUT2D eigenvalue weighted by molar-refractivity contribution is 7.17. The van der Waals surface area contributed by atoms with Crippen LogP contribution < -0.4 is 4.90 Å². The quantitative estimate of drug-likeness (QED) is 0.409. The Morgan fingerprint density at radius 3 is 2.62 bits per heavy atom. The molecule has 0 amide bonds. The van der Waals surface area contributed by atoms with E-state index in [1.54, 1.807) is 6.20 Å². The number of aromatic amines is 1. The van der Waals surface area contributed by atoms with E-state index in [-0.39, 0.29) is 11.7 Å². The summed E-state index contributed by atoms with van der Waals surface area (Å²) in [5.41, 5.74) is 3.60. The number of ketones is 1. The summed E-state index contributed by atoms with van der Waals surface area (Å²) in [6, 6.07) is 18.8. The molecule has 1 aliphatic heterocycles. The number of rotatable bonds is 7. The van der Waals surface area contributed by atoms with Crippen molar-refractivity contribution < 1.29 is 4.79 Å². The second kappa shape index (κ2) is 9.27. The molecule has 5 rings (SSSR count). The minimum absolute atomic E-state index is 0.122. The molecule has 2 aromatic heterocycles. The lowest BCUT2D eigenvalue weighted by Crippen LogP contribution is -2.44. The lowest BCUT2D eigenvalue weighted by Gasteiger charge is -2.32. The van der Waals surface area contributed by atoms with E-state index in [4.69, 9.17) is 0 Å². The molecule has 1 fully saturated rings. The van der Waals surface area contributed by atoms with E-state index in [0.29, 0.717) is 6.42 Å². The number of para-hydroxylation sites is 1. The molecule has 1 saturated heterocycles. The van der Waals surface area contributed by atoms with Crippen LogP contribution in [0.4, 0.5) is 5.13 Å². The molecule has 1 atom stereocenters. The van der Waals surface area contributed by atoms with Gasteiger partial charge in [-0.15, -0.1) is 0 Å². The lowest BCUT2D eigenvalue weighted by atomic mass is 9.87. The van der Waals surface area contributed by atoms with Crippen LogP contribution in [0.3, 0.4) is 0 Å². The fourth-order valence-electron chi connectivity index (χ4n) is 4.46. The van der Waals surface area contributed by atoms with Gasteiger partial charge in [-0.25, -0.2) is 4.98 Å². The van der Waals surface area contributed by atoms with E-state index < -0.39 is 0 Å². The second-order valence-electron chi connectivity index (χ2n) is 8.60. The maximum atomic E-state index is 13.3. The summed E-state index contributed by atoms with van der Waals surface area (Å²) in [6.45, 7) is 3.99. The molecule has 1 aliphatic rings. The van der Waals surface area contributed by atoms with Crippen molar-refractivity contribution in [3.05, 3.63) is 83.0 Å². The van der Waals surface area contributed by atoms with Gasteiger partial charge in [0.1, 0.15) is 0 Å². The van der Waals surface area contributed by atoms with Crippen molar-refractivity contribution in [3.8, 4) is 0 Å². The third-order valence-corrected chi connectivity index (χ3v) is 7.49. The molecule has 0 aliphatic carbocycles. The number of thiazole rings is 1. The third-order valence-electron chi connectivity index (χ3n) is 6.39. The Morgan fingerprint density at radius 1 is 1.06 bits per heavy atom. The monoisotopic (exact) mass is 444 g/mol. The molecule has 6 heteroatoms. The Hall–Kier alpha value is -2.96. The molecule has 0 radical (unpaired) electrons. The number of nitrogens with zero attached hydrogens (tertiary/aromatic N) is 3. The van der Waals surface area contributed by atoms with E-state index >= 15 is 0 Å². The Balaban J connectivity index is 1.35. The number of likely N-dealkylation sites (N-methyl/N-ethyl adjacent to an activating group) is 1. The highest BCUT2D eigenvalue weighted by Gasteiger charge is 2.23. The first kappa shape index (κ1) is 20.9. The van der Waals surface area contributed by atoms with E-state index in [1.165, 1.54) is 27.8 Å². The van der Waals surface area contributed by atoms with Crippen molar-refractivity contribution in [3.63, 3.8) is 0 Å². The minimum atomic E-state index is 0.122. The smallest absolute Gasteiger partial charge is 0.186 e. The number of nitrogens with one attached hydrogen (secondary N) is 1. The number of anilines is 1. The van der Waals surface area contributed by atoms with Crippen molar-refractivity contribution >= 4 is 33.2 Å². The average Bonchev–Trinajstić information content (AvgIpc) is 3.48. The number of carbonyl (C=O) groups excluding carboxylic acids is 1. The zero-order valence-corrected chi connectivity index (χ0v) is 19.1. The molecule has 2 aromatic carbocycles. The maximum absolute atomic E-state index is 13.3. The first-order valence-electron chi connectivity index (χ1n) is 11.2. The molecule has 5 nitrogen and oxygen atoms in total. The van der Waals surface area contributed by atoms with Crippen LogP contribution in [-0.2, 0) is 6.42 Å². The highest BCUT2D eigenvalue weighted by atomic mass is 32.1. The molecule has 4 aromatic rings. The van der Waals surface area contributed by atoms with Crippen molar-refractivity contribution in [2.75, 3.05) is 38.1 Å². The maximum Gasteiger partial charge on any atom is 0.186 e. The van der Waals surface area contributed by atoms with Crippen LogP contribution in [-0.4, -0.2) is 53.9 Å². The first-order valence-corrected chi connectivity index (χ1v) is 12.0. The van der Waals surface area contributed by atoms with Crippen molar-refractivity contribution in [1.29, 1.82) is 0 Å². The SMILES string of the molecule is CN1CCN(c2ncc(C(=O)CC(Cc3c[nH]c4ccccc34)c3ccccc3)s2)CC1. The Morgan fingerprint density at radius 2 is 1.81 bits per heavy atom. The number of Topliss-reactive ketones (excluding diaryl/α,β-unsaturated/α-hetero) is 1. The van der Waals surface area contributed by atoms with Gasteiger partial charge in [0, 0.05) is 49.7 Å². The Labute approximate surface area is 192 Å². The predicted molar refractivity (Wildman–Crippen MR) is 132 cm³/mol. The van der Waals surface area contributed by atoms with Crippen molar-refractivity contribution in [2.45, 2.75) is 18.8 Å². The summed E-state index contributed by atoms with van der Waals surface area (Å²) in [7, 11) is 2.14. The summed E-state index contributed by atoms with van der Waals surface area (Å²) in [6.07, 6.45) is 5.16. The highest BCUT2D eigenvalue weighted by Crippen LogP contribution is 2.31. The number of H-pyrrole nitrogens is 1. The van der Waals surface area contributed by atoms with Crippen LogP contribution in [0.5, 0.6) is 0 Å². The molecular formula is C26H28N4OS. The standard InChI is InChI=1S/C26H28N4OS/c1-29-11-13-30(14-12-29)26-28-18-25(32-26)24(31)16-20(19-7-3-2-4-8-19)15-21-17-27-23-10-6-5-9-22(21)23/h2-10,17-18,20,27H,11-16H2,1H3. The molecule has 0 spiro atoms. The predicted octanol–water partition coefficient (Wildman–Crippen LogP) is 4.98. The summed E-state index contributed by atoms with van der Waals surface area (Å²) in [5, 5.41) is 2.20. The topological polar surface area (TPSA) is 52.2 Å². The van der Waals surface area contributed by atoms with Gasteiger partial charge in [0.2, 0.25) is 0 Å². The third kappa shape index (κ3) is 4.47. The zero-order chi connectivity index (χ0) is 21.9. The van der Waals surface area contributed by atoms with E-state index in [1.807, 2.05) is 12.1 Å². The zero-order valence-electron chi connectivity index (χ0n) is 18.3. The number of piperazine rings is 1. The molecular weight excluding hydrogens is 416 g/mol. The van der Waals surface area contributed by atoms with Gasteiger partial charge in [-0.05, 0) is 36.6 Å². The number of carbonyl (C=O) groups is 1. The molecule has 164 valence electrons. The molecule has 3 heterocycles. The van der Waals surface area contributed by atoms with E-state index in [9.17, 15) is 4.79 Å². The molecule has 0 bridgehead atoms. The van der Waals surface area contributed by atoms with Crippen LogP contribution in [0.2, 0.25) is 0 Å². The Kier molecular flexibility index (Phi) is 6.06. The summed E-state index contributed by atoms with van der Waals surface area (Å²) in [4.78, 5) is 26.6. The number of aromatic nitrogens is 2. The number of benzene rings is 2. The number of fused-ring (bicyclic) bond motifs is 1. The van der Waals surface area contributed by atoms with Crippen molar-refractivity contribution in [1.82, 2.24) is 14.9 Å². The summed E-state index contributed by atoms with van der Waals surface area (Å²) in [5.74, 6) is 0.300. The normalized spacial score (nSPS) is 15.8. The minimum Gasteiger partial charge on any atom is -0.361 e. The van der Waals surface area contributed by atoms with Gasteiger partial charge >= 0.3 is 0 Å². The lowest BCUT2D eigenvalue weighted by molar-refractivity contribution is 0.0977. The van der Waals surface area contributed by atoms with Gasteiger partial charge in [-0.3, -0.25) is 4.79 Å². The molecule has 32 heavy (non-hydrogen) atoms. The van der Waals surface area contributed by atoms with Crippen LogP contribution in [0, 0.1) is 0 Å². The number of hydrogen-bond donors (Lipinski definition) is 1. The van der Waals surface area contributed by atoms with Crippen LogP contribution in [0.25, 0.3) is 10.9 Å².